The van der Waals surface area contributed by atoms with E-state index in [1.54, 1.807) is 0 Å². The standard InChI is InChI=1S/C16H24O2.C7H9N/c1-2-3-4-5-6-7-8-9-10-11-12-13-14-15-16(17)18;8-6-7-4-2-1-3-5-7/h2-10,15H2,1H3,(H,17,18);1-5H,6,8H2. The number of rotatable bonds is 10. The highest BCUT2D eigenvalue weighted by atomic mass is 16.4. The van der Waals surface area contributed by atoms with E-state index in [4.69, 9.17) is 10.8 Å². The largest absolute Gasteiger partial charge is 0.481 e. The van der Waals surface area contributed by atoms with E-state index in [1.165, 1.54) is 50.5 Å². The minimum absolute atomic E-state index is 0.119. The molecular weight excluding hydrogens is 322 g/mol. The molecule has 1 aromatic rings. The molecule has 0 saturated heterocycles. The molecule has 1 aromatic carbocycles. The van der Waals surface area contributed by atoms with Crippen LogP contribution in [0.2, 0.25) is 0 Å². The van der Waals surface area contributed by atoms with Crippen LogP contribution in [0.15, 0.2) is 30.3 Å². The molecule has 0 spiro atoms. The van der Waals surface area contributed by atoms with Crippen LogP contribution in [0.1, 0.15) is 76.7 Å². The normalized spacial score (nSPS) is 9.00. The van der Waals surface area contributed by atoms with Crippen LogP contribution in [0, 0.1) is 23.7 Å². The van der Waals surface area contributed by atoms with Crippen LogP contribution in [-0.4, -0.2) is 11.1 Å². The molecule has 0 bridgehead atoms. The summed E-state index contributed by atoms with van der Waals surface area (Å²) in [6, 6.07) is 9.99. The van der Waals surface area contributed by atoms with E-state index in [-0.39, 0.29) is 6.42 Å². The van der Waals surface area contributed by atoms with Crippen LogP contribution in [-0.2, 0) is 11.3 Å². The predicted octanol–water partition coefficient (Wildman–Crippen LogP) is 5.14. The topological polar surface area (TPSA) is 63.3 Å². The van der Waals surface area contributed by atoms with Gasteiger partial charge >= 0.3 is 5.97 Å². The quantitative estimate of drug-likeness (QED) is 0.451. The van der Waals surface area contributed by atoms with Gasteiger partial charge in [-0.05, 0) is 23.8 Å². The van der Waals surface area contributed by atoms with Gasteiger partial charge < -0.3 is 10.8 Å². The van der Waals surface area contributed by atoms with Crippen LogP contribution >= 0.6 is 0 Å². The fraction of sp³-hybridized carbons (Fsp3) is 0.522. The number of carbonyl (C=O) groups is 1. The molecule has 0 unspecified atom stereocenters. The van der Waals surface area contributed by atoms with Gasteiger partial charge in [0.05, 0.1) is 0 Å². The van der Waals surface area contributed by atoms with E-state index in [2.05, 4.69) is 30.6 Å². The minimum Gasteiger partial charge on any atom is -0.481 e. The second-order valence-electron chi connectivity index (χ2n) is 6.09. The number of aliphatic carboxylic acids is 1. The summed E-state index contributed by atoms with van der Waals surface area (Å²) in [6.07, 6.45) is 11.2. The number of carboxylic acid groups (broad SMARTS) is 1. The molecular formula is C23H33NO2. The molecule has 0 radical (unpaired) electrons. The minimum atomic E-state index is -0.896. The number of nitrogens with two attached hydrogens (primary N) is 1. The van der Waals surface area contributed by atoms with E-state index in [9.17, 15) is 4.79 Å². The first-order valence-electron chi connectivity index (χ1n) is 9.62. The van der Waals surface area contributed by atoms with Crippen LogP contribution in [0.5, 0.6) is 0 Å². The summed E-state index contributed by atoms with van der Waals surface area (Å²) < 4.78 is 0. The Labute approximate surface area is 159 Å². The highest BCUT2D eigenvalue weighted by Crippen LogP contribution is 2.08. The molecule has 3 heteroatoms. The SMILES string of the molecule is CCCCCCCCCCC#CC#CCC(=O)O.NCc1ccccc1. The molecule has 0 fully saturated rings. The monoisotopic (exact) mass is 355 g/mol. The molecule has 0 heterocycles. The third kappa shape index (κ3) is 18.1. The van der Waals surface area contributed by atoms with Crippen molar-refractivity contribution in [3.63, 3.8) is 0 Å². The highest BCUT2D eigenvalue weighted by molar-refractivity contribution is 5.70. The lowest BCUT2D eigenvalue weighted by Crippen LogP contribution is -1.94. The number of unbranched alkanes of at least 4 members (excludes halogenated alkanes) is 8. The summed E-state index contributed by atoms with van der Waals surface area (Å²) in [6.45, 7) is 2.87. The van der Waals surface area contributed by atoms with E-state index >= 15 is 0 Å². The second-order valence-corrected chi connectivity index (χ2v) is 6.09. The summed E-state index contributed by atoms with van der Waals surface area (Å²) in [7, 11) is 0. The van der Waals surface area contributed by atoms with Gasteiger partial charge in [0.25, 0.3) is 0 Å². The van der Waals surface area contributed by atoms with Crippen molar-refractivity contribution in [2.24, 2.45) is 5.73 Å². The molecule has 0 amide bonds. The Hall–Kier alpha value is -2.23. The lowest BCUT2D eigenvalue weighted by atomic mass is 10.1. The maximum atomic E-state index is 10.1. The lowest BCUT2D eigenvalue weighted by Gasteiger charge is -1.98. The smallest absolute Gasteiger partial charge is 0.315 e. The molecule has 0 aliphatic rings. The van der Waals surface area contributed by atoms with Gasteiger partial charge in [0.15, 0.2) is 0 Å². The first-order valence-corrected chi connectivity index (χ1v) is 9.62. The van der Waals surface area contributed by atoms with Gasteiger partial charge in [-0.15, -0.1) is 0 Å². The molecule has 0 atom stereocenters. The second kappa shape index (κ2) is 19.1. The molecule has 0 aromatic heterocycles. The molecule has 26 heavy (non-hydrogen) atoms. The molecule has 3 N–H and O–H groups in total. The van der Waals surface area contributed by atoms with Crippen LogP contribution in [0.25, 0.3) is 0 Å². The maximum absolute atomic E-state index is 10.1. The van der Waals surface area contributed by atoms with E-state index in [0.29, 0.717) is 6.54 Å². The number of benzene rings is 1. The van der Waals surface area contributed by atoms with E-state index < -0.39 is 5.97 Å². The van der Waals surface area contributed by atoms with Gasteiger partial charge in [-0.3, -0.25) is 4.79 Å². The fourth-order valence-corrected chi connectivity index (χ4v) is 2.23. The summed E-state index contributed by atoms with van der Waals surface area (Å²) in [5.74, 6) is 9.79. The molecule has 0 saturated carbocycles. The Morgan fingerprint density at radius 2 is 1.50 bits per heavy atom. The van der Waals surface area contributed by atoms with Crippen LogP contribution in [0.3, 0.4) is 0 Å². The lowest BCUT2D eigenvalue weighted by molar-refractivity contribution is -0.135. The molecule has 142 valence electrons. The first-order chi connectivity index (χ1) is 12.7. The van der Waals surface area contributed by atoms with Crippen molar-refractivity contribution in [1.82, 2.24) is 0 Å². The van der Waals surface area contributed by atoms with Gasteiger partial charge in [-0.1, -0.05) is 94.0 Å². The Kier molecular flexibility index (Phi) is 17.5. The molecule has 0 aliphatic heterocycles. The van der Waals surface area contributed by atoms with Crippen molar-refractivity contribution in [2.45, 2.75) is 77.7 Å². The van der Waals surface area contributed by atoms with Crippen molar-refractivity contribution < 1.29 is 9.90 Å². The van der Waals surface area contributed by atoms with Gasteiger partial charge in [-0.2, -0.15) is 0 Å². The zero-order chi connectivity index (χ0) is 19.3. The Bertz CT molecular complexity index is 573. The first kappa shape index (κ1) is 23.8. The van der Waals surface area contributed by atoms with Crippen molar-refractivity contribution in [1.29, 1.82) is 0 Å². The van der Waals surface area contributed by atoms with E-state index in [1.807, 2.05) is 30.3 Å². The van der Waals surface area contributed by atoms with Crippen LogP contribution in [0.4, 0.5) is 0 Å². The maximum Gasteiger partial charge on any atom is 0.315 e. The zero-order valence-corrected chi connectivity index (χ0v) is 16.1. The van der Waals surface area contributed by atoms with Gasteiger partial charge in [0.1, 0.15) is 6.42 Å². The van der Waals surface area contributed by atoms with Crippen molar-refractivity contribution in [3.05, 3.63) is 35.9 Å². The third-order valence-electron chi connectivity index (χ3n) is 3.71. The van der Waals surface area contributed by atoms with Gasteiger partial charge in [-0.25, -0.2) is 0 Å². The van der Waals surface area contributed by atoms with Gasteiger partial charge in [0.2, 0.25) is 0 Å². The van der Waals surface area contributed by atoms with Crippen LogP contribution < -0.4 is 5.73 Å². The Balaban J connectivity index is 0.000000642. The predicted molar refractivity (Wildman–Crippen MR) is 109 cm³/mol. The summed E-state index contributed by atoms with van der Waals surface area (Å²) >= 11 is 0. The van der Waals surface area contributed by atoms with Crippen molar-refractivity contribution in [2.75, 3.05) is 0 Å². The average Bonchev–Trinajstić information content (AvgIpc) is 2.66. The third-order valence-corrected chi connectivity index (χ3v) is 3.71. The average molecular weight is 356 g/mol. The fourth-order valence-electron chi connectivity index (χ4n) is 2.23. The summed E-state index contributed by atoms with van der Waals surface area (Å²) in [4.78, 5) is 10.1. The molecule has 0 aliphatic carbocycles. The van der Waals surface area contributed by atoms with Crippen molar-refractivity contribution >= 4 is 5.97 Å². The number of hydrogen-bond acceptors (Lipinski definition) is 2. The zero-order valence-electron chi connectivity index (χ0n) is 16.1. The number of hydrogen-bond donors (Lipinski definition) is 2. The Morgan fingerprint density at radius 3 is 2.04 bits per heavy atom. The van der Waals surface area contributed by atoms with Crippen molar-refractivity contribution in [3.8, 4) is 23.7 Å². The van der Waals surface area contributed by atoms with E-state index in [0.717, 1.165) is 12.8 Å². The highest BCUT2D eigenvalue weighted by Gasteiger charge is 1.90. The molecule has 3 nitrogen and oxygen atoms in total. The Morgan fingerprint density at radius 1 is 0.923 bits per heavy atom. The van der Waals surface area contributed by atoms with Gasteiger partial charge in [0, 0.05) is 13.0 Å². The molecule has 1 rings (SSSR count). The number of carboxylic acids is 1. The summed E-state index contributed by atoms with van der Waals surface area (Å²) in [5.41, 5.74) is 6.54. The summed E-state index contributed by atoms with van der Waals surface area (Å²) in [5, 5.41) is 8.34.